The lowest BCUT2D eigenvalue weighted by molar-refractivity contribution is -0.129. The lowest BCUT2D eigenvalue weighted by Crippen LogP contribution is -2.34. The van der Waals surface area contributed by atoms with E-state index in [1.807, 2.05) is 74.5 Å². The Bertz CT molecular complexity index is 1030. The zero-order chi connectivity index (χ0) is 20.1. The summed E-state index contributed by atoms with van der Waals surface area (Å²) in [6.07, 6.45) is 3.30. The average molecular weight is 372 g/mol. The molecule has 4 heteroatoms. The molecule has 3 aromatic carbocycles. The van der Waals surface area contributed by atoms with Crippen LogP contribution in [0, 0.1) is 13.8 Å². The van der Waals surface area contributed by atoms with Gasteiger partial charge in [0.05, 0.1) is 6.54 Å². The zero-order valence-corrected chi connectivity index (χ0v) is 16.4. The second-order valence-corrected chi connectivity index (χ2v) is 6.91. The molecule has 0 heterocycles. The number of aryl methyl sites for hydroxylation is 2. The summed E-state index contributed by atoms with van der Waals surface area (Å²) in [7, 11) is 1.63. The third-order valence-electron chi connectivity index (χ3n) is 4.73. The minimum atomic E-state index is -0.218. The van der Waals surface area contributed by atoms with E-state index < -0.39 is 0 Å². The topological polar surface area (TPSA) is 49.4 Å². The number of likely N-dealkylation sites (N-methyl/N-ethyl adjacent to an activating group) is 1. The molecule has 0 spiro atoms. The number of hydrogen-bond donors (Lipinski definition) is 1. The highest BCUT2D eigenvalue weighted by Gasteiger charge is 2.12. The first-order valence-corrected chi connectivity index (χ1v) is 9.22. The Balaban J connectivity index is 1.66. The highest BCUT2D eigenvalue weighted by Crippen LogP contribution is 2.20. The number of para-hydroxylation sites is 1. The van der Waals surface area contributed by atoms with Crippen molar-refractivity contribution in [3.8, 4) is 0 Å². The Hall–Kier alpha value is -3.40. The predicted octanol–water partition coefficient (Wildman–Crippen LogP) is 4.57. The summed E-state index contributed by atoms with van der Waals surface area (Å²) >= 11 is 0. The van der Waals surface area contributed by atoms with Crippen molar-refractivity contribution in [2.45, 2.75) is 13.8 Å². The van der Waals surface area contributed by atoms with Crippen LogP contribution in [-0.2, 0) is 9.59 Å². The quantitative estimate of drug-likeness (QED) is 0.667. The van der Waals surface area contributed by atoms with Crippen molar-refractivity contribution < 1.29 is 9.59 Å². The molecule has 28 heavy (non-hydrogen) atoms. The number of rotatable bonds is 5. The predicted molar refractivity (Wildman–Crippen MR) is 115 cm³/mol. The largest absolute Gasteiger partial charge is 0.333 e. The van der Waals surface area contributed by atoms with E-state index in [4.69, 9.17) is 0 Å². The maximum Gasteiger partial charge on any atom is 0.246 e. The minimum Gasteiger partial charge on any atom is -0.333 e. The molecule has 0 saturated heterocycles. The molecule has 0 unspecified atom stereocenters. The number of carbonyl (C=O) groups excluding carboxylic acids is 2. The molecular formula is C24H24N2O2. The van der Waals surface area contributed by atoms with Crippen LogP contribution in [0.5, 0.6) is 0 Å². The number of benzene rings is 3. The zero-order valence-electron chi connectivity index (χ0n) is 16.4. The Morgan fingerprint density at radius 3 is 2.32 bits per heavy atom. The van der Waals surface area contributed by atoms with Gasteiger partial charge in [-0.2, -0.15) is 0 Å². The van der Waals surface area contributed by atoms with Gasteiger partial charge in [-0.3, -0.25) is 9.59 Å². The summed E-state index contributed by atoms with van der Waals surface area (Å²) in [6, 6.07) is 19.9. The summed E-state index contributed by atoms with van der Waals surface area (Å²) < 4.78 is 0. The molecule has 0 aromatic heterocycles. The van der Waals surface area contributed by atoms with Crippen LogP contribution in [0.4, 0.5) is 5.69 Å². The molecule has 0 atom stereocenters. The fourth-order valence-corrected chi connectivity index (χ4v) is 3.17. The molecule has 0 aliphatic heterocycles. The van der Waals surface area contributed by atoms with Crippen LogP contribution in [0.25, 0.3) is 16.8 Å². The van der Waals surface area contributed by atoms with Crippen LogP contribution in [0.2, 0.25) is 0 Å². The van der Waals surface area contributed by atoms with Crippen molar-refractivity contribution >= 4 is 34.4 Å². The van der Waals surface area contributed by atoms with Gasteiger partial charge in [-0.05, 0) is 47.4 Å². The monoisotopic (exact) mass is 372 g/mol. The molecule has 0 radical (unpaired) electrons. The number of nitrogens with zero attached hydrogens (tertiary/aromatic N) is 1. The number of hydrogen-bond acceptors (Lipinski definition) is 2. The molecule has 0 aliphatic rings. The van der Waals surface area contributed by atoms with Crippen LogP contribution >= 0.6 is 0 Å². The van der Waals surface area contributed by atoms with Crippen molar-refractivity contribution in [3.63, 3.8) is 0 Å². The Morgan fingerprint density at radius 1 is 0.929 bits per heavy atom. The number of amides is 2. The van der Waals surface area contributed by atoms with Gasteiger partial charge in [-0.15, -0.1) is 0 Å². The lowest BCUT2D eigenvalue weighted by Gasteiger charge is -2.16. The van der Waals surface area contributed by atoms with Crippen molar-refractivity contribution in [2.75, 3.05) is 18.9 Å². The first-order chi connectivity index (χ1) is 13.5. The van der Waals surface area contributed by atoms with Crippen LogP contribution in [0.3, 0.4) is 0 Å². The normalized spacial score (nSPS) is 11.0. The highest BCUT2D eigenvalue weighted by molar-refractivity contribution is 6.00. The first-order valence-electron chi connectivity index (χ1n) is 9.22. The SMILES string of the molecule is Cc1cccc(C)c1NC(=O)CN(C)C(=O)/C=C/c1cccc2ccccc12. The van der Waals surface area contributed by atoms with Gasteiger partial charge in [0, 0.05) is 18.8 Å². The van der Waals surface area contributed by atoms with Crippen LogP contribution in [0.15, 0.2) is 66.7 Å². The van der Waals surface area contributed by atoms with Gasteiger partial charge in [0.25, 0.3) is 0 Å². The summed E-state index contributed by atoms with van der Waals surface area (Å²) in [5, 5.41) is 5.12. The summed E-state index contributed by atoms with van der Waals surface area (Å²) in [6.45, 7) is 3.89. The highest BCUT2D eigenvalue weighted by atomic mass is 16.2. The third-order valence-corrected chi connectivity index (χ3v) is 4.73. The van der Waals surface area contributed by atoms with E-state index in [-0.39, 0.29) is 18.4 Å². The molecule has 0 saturated carbocycles. The number of fused-ring (bicyclic) bond motifs is 1. The molecule has 2 amide bonds. The van der Waals surface area contributed by atoms with Crippen LogP contribution in [0.1, 0.15) is 16.7 Å². The summed E-state index contributed by atoms with van der Waals surface area (Å²) in [5.41, 5.74) is 3.77. The number of nitrogens with one attached hydrogen (secondary N) is 1. The summed E-state index contributed by atoms with van der Waals surface area (Å²) in [4.78, 5) is 26.2. The molecule has 3 aromatic rings. The lowest BCUT2D eigenvalue weighted by atomic mass is 10.0. The molecule has 0 fully saturated rings. The van der Waals surface area contributed by atoms with Gasteiger partial charge < -0.3 is 10.2 Å². The second-order valence-electron chi connectivity index (χ2n) is 6.91. The molecule has 0 bridgehead atoms. The Morgan fingerprint density at radius 2 is 1.57 bits per heavy atom. The molecule has 1 N–H and O–H groups in total. The average Bonchev–Trinajstić information content (AvgIpc) is 2.69. The smallest absolute Gasteiger partial charge is 0.246 e. The Kier molecular flexibility index (Phi) is 5.90. The van der Waals surface area contributed by atoms with Gasteiger partial charge in [-0.25, -0.2) is 0 Å². The van der Waals surface area contributed by atoms with Crippen molar-refractivity contribution in [2.24, 2.45) is 0 Å². The maximum atomic E-state index is 12.4. The first kappa shape index (κ1) is 19.4. The van der Waals surface area contributed by atoms with Gasteiger partial charge in [-0.1, -0.05) is 60.7 Å². The Labute approximate surface area is 165 Å². The van der Waals surface area contributed by atoms with E-state index in [9.17, 15) is 9.59 Å². The van der Waals surface area contributed by atoms with Crippen molar-refractivity contribution in [3.05, 3.63) is 83.4 Å². The number of carbonyl (C=O) groups is 2. The molecule has 4 nitrogen and oxygen atoms in total. The van der Waals surface area contributed by atoms with Crippen LogP contribution < -0.4 is 5.32 Å². The second kappa shape index (κ2) is 8.53. The van der Waals surface area contributed by atoms with E-state index >= 15 is 0 Å². The molecule has 0 aliphatic carbocycles. The van der Waals surface area contributed by atoms with Crippen molar-refractivity contribution in [1.82, 2.24) is 4.90 Å². The van der Waals surface area contributed by atoms with Gasteiger partial charge >= 0.3 is 0 Å². The summed E-state index contributed by atoms with van der Waals surface area (Å²) in [5.74, 6) is -0.434. The van der Waals surface area contributed by atoms with E-state index in [1.54, 1.807) is 13.1 Å². The fraction of sp³-hybridized carbons (Fsp3) is 0.167. The van der Waals surface area contributed by atoms with E-state index in [1.165, 1.54) is 11.0 Å². The molecule has 3 rings (SSSR count). The van der Waals surface area contributed by atoms with Gasteiger partial charge in [0.2, 0.25) is 11.8 Å². The fourth-order valence-electron chi connectivity index (χ4n) is 3.17. The standard InChI is InChI=1S/C24H24N2O2/c1-17-8-6-9-18(2)24(17)25-22(27)16-26(3)23(28)15-14-20-12-7-11-19-10-4-5-13-21(19)20/h4-15H,16H2,1-3H3,(H,25,27)/b15-14+. The third kappa shape index (κ3) is 4.46. The van der Waals surface area contributed by atoms with E-state index in [2.05, 4.69) is 5.32 Å². The maximum absolute atomic E-state index is 12.4. The van der Waals surface area contributed by atoms with E-state index in [0.29, 0.717) is 0 Å². The number of anilines is 1. The van der Waals surface area contributed by atoms with Crippen LogP contribution in [-0.4, -0.2) is 30.3 Å². The molecule has 142 valence electrons. The van der Waals surface area contributed by atoms with Gasteiger partial charge in [0.15, 0.2) is 0 Å². The van der Waals surface area contributed by atoms with Gasteiger partial charge in [0.1, 0.15) is 0 Å². The minimum absolute atomic E-state index is 0.00746. The van der Waals surface area contributed by atoms with Crippen molar-refractivity contribution in [1.29, 1.82) is 0 Å². The molecular weight excluding hydrogens is 348 g/mol. The van der Waals surface area contributed by atoms with E-state index in [0.717, 1.165) is 33.2 Å².